The number of anilines is 1. The predicted octanol–water partition coefficient (Wildman–Crippen LogP) is 4.52. The molecule has 1 saturated heterocycles. The summed E-state index contributed by atoms with van der Waals surface area (Å²) in [5.41, 5.74) is -0.243. The number of amides is 2. The molecule has 2 bridgehead atoms. The molecule has 0 aromatic heterocycles. The average molecular weight is 467 g/mol. The van der Waals surface area contributed by atoms with E-state index in [1.165, 1.54) is 4.90 Å². The third-order valence-corrected chi connectivity index (χ3v) is 7.66. The molecule has 0 radical (unpaired) electrons. The lowest BCUT2D eigenvalue weighted by Crippen LogP contribution is -2.40. The largest absolute Gasteiger partial charge is 0.485 e. The Hall–Kier alpha value is -3.42. The first kappa shape index (κ1) is 21.1. The molecular formula is C26H20F3NO4. The predicted molar refractivity (Wildman–Crippen MR) is 115 cm³/mol. The number of carbonyl (C=O) groups is 3. The lowest BCUT2D eigenvalue weighted by atomic mass is 9.63. The molecule has 174 valence electrons. The number of benzene rings is 2. The van der Waals surface area contributed by atoms with Gasteiger partial charge in [0.25, 0.3) is 0 Å². The van der Waals surface area contributed by atoms with Crippen LogP contribution >= 0.6 is 0 Å². The lowest BCUT2D eigenvalue weighted by molar-refractivity contribution is -0.137. The van der Waals surface area contributed by atoms with Crippen LogP contribution in [0.4, 0.5) is 18.9 Å². The van der Waals surface area contributed by atoms with Gasteiger partial charge in [-0.3, -0.25) is 19.3 Å². The minimum absolute atomic E-state index is 0.113. The van der Waals surface area contributed by atoms with Crippen molar-refractivity contribution in [2.75, 3.05) is 11.5 Å². The summed E-state index contributed by atoms with van der Waals surface area (Å²) in [6, 6.07) is 10.3. The van der Waals surface area contributed by atoms with Gasteiger partial charge in [-0.15, -0.1) is 0 Å². The van der Waals surface area contributed by atoms with E-state index in [1.807, 2.05) is 0 Å². The fourth-order valence-corrected chi connectivity index (χ4v) is 5.98. The van der Waals surface area contributed by atoms with Gasteiger partial charge < -0.3 is 4.74 Å². The Morgan fingerprint density at radius 3 is 1.97 bits per heavy atom. The molecule has 2 aromatic carbocycles. The number of halogens is 3. The number of hydrogen-bond donors (Lipinski definition) is 0. The van der Waals surface area contributed by atoms with Crippen molar-refractivity contribution in [3.05, 3.63) is 71.8 Å². The maximum Gasteiger partial charge on any atom is 0.416 e. The summed E-state index contributed by atoms with van der Waals surface area (Å²) in [7, 11) is 0. The topological polar surface area (TPSA) is 63.7 Å². The molecule has 1 aliphatic heterocycles. The van der Waals surface area contributed by atoms with Crippen LogP contribution in [0.25, 0.3) is 0 Å². The van der Waals surface area contributed by atoms with E-state index in [9.17, 15) is 27.6 Å². The van der Waals surface area contributed by atoms with Crippen molar-refractivity contribution in [2.45, 2.75) is 12.6 Å². The standard InChI is InChI=1S/C26H20F3NO4/c27-26(28,29)14-3-1-13(2-4-14)21(31)12-34-16-7-5-15(6-8-16)30-24(32)22-17-9-10-18(20-11-19(17)20)23(22)25(30)33/h1-10,17-20,22-23H,11-12H2/t17-,18+,19+,20-,22-,23+. The van der Waals surface area contributed by atoms with Gasteiger partial charge in [0.2, 0.25) is 11.8 Å². The van der Waals surface area contributed by atoms with Crippen molar-refractivity contribution < 1.29 is 32.3 Å². The highest BCUT2D eigenvalue weighted by atomic mass is 19.4. The zero-order valence-corrected chi connectivity index (χ0v) is 17.9. The fraction of sp³-hybridized carbons (Fsp3) is 0.346. The number of Topliss-reactive ketones (excluding diaryl/α,β-unsaturated/α-hetero) is 1. The van der Waals surface area contributed by atoms with E-state index < -0.39 is 17.5 Å². The third kappa shape index (κ3) is 3.19. The summed E-state index contributed by atoms with van der Waals surface area (Å²) in [6.07, 6.45) is 0.887. The monoisotopic (exact) mass is 467 g/mol. The molecule has 2 aromatic rings. The quantitative estimate of drug-likeness (QED) is 0.369. The summed E-state index contributed by atoms with van der Waals surface area (Å²) in [4.78, 5) is 39.9. The molecule has 6 atom stereocenters. The molecule has 3 fully saturated rings. The molecule has 4 aliphatic carbocycles. The summed E-state index contributed by atoms with van der Waals surface area (Å²) in [5.74, 6) is 0.415. The number of ether oxygens (including phenoxy) is 1. The number of nitrogens with zero attached hydrogens (tertiary/aromatic N) is 1. The Morgan fingerprint density at radius 2 is 1.44 bits per heavy atom. The number of ketones is 1. The molecule has 34 heavy (non-hydrogen) atoms. The molecule has 1 heterocycles. The van der Waals surface area contributed by atoms with Crippen molar-refractivity contribution >= 4 is 23.3 Å². The Balaban J connectivity index is 1.12. The van der Waals surface area contributed by atoms with Crippen molar-refractivity contribution in [1.29, 1.82) is 0 Å². The second-order valence-corrected chi connectivity index (χ2v) is 9.45. The second-order valence-electron chi connectivity index (χ2n) is 9.45. The summed E-state index contributed by atoms with van der Waals surface area (Å²) in [6.45, 7) is -0.353. The van der Waals surface area contributed by atoms with Gasteiger partial charge in [0.05, 0.1) is 23.1 Å². The Bertz CT molecular complexity index is 1180. The zero-order valence-electron chi connectivity index (χ0n) is 17.9. The van der Waals surface area contributed by atoms with Crippen LogP contribution in [0.1, 0.15) is 22.3 Å². The molecule has 0 unspecified atom stereocenters. The molecule has 0 N–H and O–H groups in total. The second kappa shape index (κ2) is 7.29. The minimum atomic E-state index is -4.47. The minimum Gasteiger partial charge on any atom is -0.485 e. The van der Waals surface area contributed by atoms with Crippen molar-refractivity contribution in [3.8, 4) is 5.75 Å². The first-order valence-corrected chi connectivity index (χ1v) is 11.2. The van der Waals surface area contributed by atoms with Gasteiger partial charge in [-0.1, -0.05) is 24.3 Å². The molecule has 0 spiro atoms. The number of imide groups is 1. The first-order chi connectivity index (χ1) is 16.2. The molecule has 5 nitrogen and oxygen atoms in total. The summed E-state index contributed by atoms with van der Waals surface area (Å²) in [5, 5.41) is 0. The highest BCUT2D eigenvalue weighted by Gasteiger charge is 2.67. The van der Waals surface area contributed by atoms with E-state index in [2.05, 4.69) is 12.2 Å². The SMILES string of the molecule is O=C(COc1ccc(N2C(=O)[C@@H]3[C@@H]4C=C[C@@H]([C@H]5C[C@@H]45)[C@@H]3C2=O)cc1)c1ccc(C(F)(F)F)cc1. The molecule has 2 saturated carbocycles. The van der Waals surface area contributed by atoms with E-state index in [0.717, 1.165) is 30.7 Å². The molecule has 7 rings (SSSR count). The van der Waals surface area contributed by atoms with Crippen molar-refractivity contribution in [1.82, 2.24) is 0 Å². The molecular weight excluding hydrogens is 447 g/mol. The van der Waals surface area contributed by atoms with Gasteiger partial charge in [0.1, 0.15) is 5.75 Å². The number of carbonyl (C=O) groups excluding carboxylic acids is 3. The third-order valence-electron chi connectivity index (χ3n) is 7.66. The number of alkyl halides is 3. The van der Waals surface area contributed by atoms with Crippen LogP contribution in [0.5, 0.6) is 5.75 Å². The normalized spacial score (nSPS) is 30.9. The maximum atomic E-state index is 13.2. The van der Waals surface area contributed by atoms with Gasteiger partial charge in [-0.25, -0.2) is 0 Å². The highest BCUT2D eigenvalue weighted by Crippen LogP contribution is 2.65. The van der Waals surface area contributed by atoms with E-state index in [4.69, 9.17) is 4.74 Å². The zero-order chi connectivity index (χ0) is 23.8. The van der Waals surface area contributed by atoms with Crippen LogP contribution in [-0.4, -0.2) is 24.2 Å². The van der Waals surface area contributed by atoms with Crippen LogP contribution in [0, 0.1) is 35.5 Å². The smallest absolute Gasteiger partial charge is 0.416 e. The van der Waals surface area contributed by atoms with Crippen molar-refractivity contribution in [2.24, 2.45) is 35.5 Å². The average Bonchev–Trinajstić information content (AvgIpc) is 3.61. The summed E-state index contributed by atoms with van der Waals surface area (Å²) < 4.78 is 43.5. The van der Waals surface area contributed by atoms with Crippen LogP contribution in [0.15, 0.2) is 60.7 Å². The molecule has 5 aliphatic rings. The van der Waals surface area contributed by atoms with Gasteiger partial charge in [0.15, 0.2) is 12.4 Å². The van der Waals surface area contributed by atoms with Gasteiger partial charge in [-0.2, -0.15) is 13.2 Å². The molecule has 8 heteroatoms. The van der Waals surface area contributed by atoms with Crippen LogP contribution in [0.3, 0.4) is 0 Å². The summed E-state index contributed by atoms with van der Waals surface area (Å²) >= 11 is 0. The lowest BCUT2D eigenvalue weighted by Gasteiger charge is -2.37. The first-order valence-electron chi connectivity index (χ1n) is 11.2. The van der Waals surface area contributed by atoms with E-state index in [-0.39, 0.29) is 47.7 Å². The maximum absolute atomic E-state index is 13.2. The Labute approximate surface area is 193 Å². The van der Waals surface area contributed by atoms with E-state index in [0.29, 0.717) is 23.3 Å². The van der Waals surface area contributed by atoms with Gasteiger partial charge in [0, 0.05) is 5.56 Å². The Kier molecular flexibility index (Phi) is 4.53. The van der Waals surface area contributed by atoms with Crippen LogP contribution < -0.4 is 9.64 Å². The number of hydrogen-bond acceptors (Lipinski definition) is 4. The fourth-order valence-electron chi connectivity index (χ4n) is 5.98. The van der Waals surface area contributed by atoms with E-state index in [1.54, 1.807) is 24.3 Å². The van der Waals surface area contributed by atoms with Gasteiger partial charge in [-0.05, 0) is 66.5 Å². The number of rotatable bonds is 5. The van der Waals surface area contributed by atoms with E-state index >= 15 is 0 Å². The highest BCUT2D eigenvalue weighted by molar-refractivity contribution is 6.22. The van der Waals surface area contributed by atoms with Crippen LogP contribution in [-0.2, 0) is 15.8 Å². The number of allylic oxidation sites excluding steroid dienone is 2. The van der Waals surface area contributed by atoms with Crippen molar-refractivity contribution in [3.63, 3.8) is 0 Å². The molecule has 2 amide bonds. The Morgan fingerprint density at radius 1 is 0.882 bits per heavy atom. The van der Waals surface area contributed by atoms with Crippen LogP contribution in [0.2, 0.25) is 0 Å². The van der Waals surface area contributed by atoms with Gasteiger partial charge >= 0.3 is 6.18 Å².